The van der Waals surface area contributed by atoms with Gasteiger partial charge in [0.25, 0.3) is 0 Å². The van der Waals surface area contributed by atoms with Gasteiger partial charge in [0.2, 0.25) is 0 Å². The van der Waals surface area contributed by atoms with E-state index >= 15 is 0 Å². The molecule has 0 saturated heterocycles. The Morgan fingerprint density at radius 1 is 1.47 bits per heavy atom. The van der Waals surface area contributed by atoms with Crippen molar-refractivity contribution in [1.29, 1.82) is 0 Å². The van der Waals surface area contributed by atoms with Crippen LogP contribution in [0.25, 0.3) is 11.1 Å². The van der Waals surface area contributed by atoms with Gasteiger partial charge in [0.15, 0.2) is 5.58 Å². The maximum absolute atomic E-state index is 11.1. The van der Waals surface area contributed by atoms with Gasteiger partial charge in [-0.2, -0.15) is 0 Å². The third kappa shape index (κ3) is 3.94. The number of nitrogens with one attached hydrogen (secondary N) is 1. The number of nitrogens with two attached hydrogens (primary N) is 1. The third-order valence-electron chi connectivity index (χ3n) is 3.14. The van der Waals surface area contributed by atoms with E-state index in [1.165, 1.54) is 0 Å². The summed E-state index contributed by atoms with van der Waals surface area (Å²) in [6.45, 7) is 3.88. The van der Waals surface area contributed by atoms with Gasteiger partial charge < -0.3 is 15.1 Å². The molecule has 19 heavy (non-hydrogen) atoms. The lowest BCUT2D eigenvalue weighted by Crippen LogP contribution is -2.22. The fraction of sp³-hybridized carbons (Fsp3) is 0.500. The van der Waals surface area contributed by atoms with Crippen molar-refractivity contribution in [2.75, 3.05) is 13.6 Å². The maximum Gasteiger partial charge on any atom is 0.417 e. The summed E-state index contributed by atoms with van der Waals surface area (Å²) in [6, 6.07) is 6.06. The van der Waals surface area contributed by atoms with Crippen LogP contribution in [0, 0.1) is 0 Å². The number of oxazole rings is 1. The van der Waals surface area contributed by atoms with Crippen LogP contribution >= 0.6 is 0 Å². The summed E-state index contributed by atoms with van der Waals surface area (Å²) < 4.78 is 5.06. The van der Waals surface area contributed by atoms with Crippen molar-refractivity contribution in [1.82, 2.24) is 9.88 Å². The van der Waals surface area contributed by atoms with Crippen molar-refractivity contribution in [3.8, 4) is 0 Å². The minimum Gasteiger partial charge on any atom is -0.408 e. The highest BCUT2D eigenvalue weighted by molar-refractivity contribution is 5.72. The van der Waals surface area contributed by atoms with Gasteiger partial charge in [0.05, 0.1) is 5.52 Å². The molecule has 0 fully saturated rings. The SMILES string of the molecule is CC(N)CCCN(C)Cc1ccc2[nH]c(=O)oc2c1. The molecule has 104 valence electrons. The second-order valence-electron chi connectivity index (χ2n) is 5.20. The molecule has 2 rings (SSSR count). The molecular formula is C14H21N3O2. The van der Waals surface area contributed by atoms with Crippen LogP contribution in [0.3, 0.4) is 0 Å². The molecule has 5 heteroatoms. The normalized spacial score (nSPS) is 13.3. The van der Waals surface area contributed by atoms with Crippen LogP contribution in [0.1, 0.15) is 25.3 Å². The van der Waals surface area contributed by atoms with E-state index in [0.717, 1.165) is 37.0 Å². The zero-order chi connectivity index (χ0) is 13.8. The molecule has 1 aromatic heterocycles. The Bertz CT molecular complexity index is 586. The van der Waals surface area contributed by atoms with Crippen molar-refractivity contribution in [2.45, 2.75) is 32.4 Å². The fourth-order valence-corrected chi connectivity index (χ4v) is 2.16. The van der Waals surface area contributed by atoms with E-state index in [1.807, 2.05) is 25.1 Å². The van der Waals surface area contributed by atoms with Crippen LogP contribution in [0.2, 0.25) is 0 Å². The number of aromatic amines is 1. The second-order valence-corrected chi connectivity index (χ2v) is 5.20. The number of aromatic nitrogens is 1. The van der Waals surface area contributed by atoms with E-state index in [9.17, 15) is 4.79 Å². The summed E-state index contributed by atoms with van der Waals surface area (Å²) in [6.07, 6.45) is 2.13. The average Bonchev–Trinajstić information content (AvgIpc) is 2.67. The third-order valence-corrected chi connectivity index (χ3v) is 3.14. The quantitative estimate of drug-likeness (QED) is 0.831. The molecule has 1 aromatic carbocycles. The van der Waals surface area contributed by atoms with Crippen LogP contribution in [0.5, 0.6) is 0 Å². The first-order chi connectivity index (χ1) is 9.04. The molecule has 0 aliphatic rings. The highest BCUT2D eigenvalue weighted by Crippen LogP contribution is 2.13. The van der Waals surface area contributed by atoms with Gasteiger partial charge in [0, 0.05) is 12.6 Å². The number of nitrogens with zero attached hydrogens (tertiary/aromatic N) is 1. The largest absolute Gasteiger partial charge is 0.417 e. The molecular weight excluding hydrogens is 242 g/mol. The monoisotopic (exact) mass is 263 g/mol. The molecule has 0 saturated carbocycles. The Hall–Kier alpha value is -1.59. The number of hydrogen-bond acceptors (Lipinski definition) is 4. The predicted octanol–water partition coefficient (Wildman–Crippen LogP) is 1.68. The zero-order valence-electron chi connectivity index (χ0n) is 11.5. The van der Waals surface area contributed by atoms with Crippen LogP contribution in [0.15, 0.2) is 27.4 Å². The zero-order valence-corrected chi connectivity index (χ0v) is 11.5. The van der Waals surface area contributed by atoms with Gasteiger partial charge in [-0.05, 0) is 51.1 Å². The standard InChI is InChI=1S/C14H21N3O2/c1-10(15)4-3-7-17(2)9-11-5-6-12-13(8-11)19-14(18)16-12/h5-6,8,10H,3-4,7,9,15H2,1-2H3,(H,16,18). The molecule has 1 unspecified atom stereocenters. The van der Waals surface area contributed by atoms with E-state index < -0.39 is 5.76 Å². The molecule has 1 heterocycles. The van der Waals surface area contributed by atoms with Crippen LogP contribution < -0.4 is 11.5 Å². The first-order valence-electron chi connectivity index (χ1n) is 6.60. The Labute approximate surface area is 112 Å². The molecule has 0 aliphatic carbocycles. The molecule has 0 aliphatic heterocycles. The van der Waals surface area contributed by atoms with Crippen LogP contribution in [0.4, 0.5) is 0 Å². The molecule has 0 bridgehead atoms. The van der Waals surface area contributed by atoms with E-state index in [-0.39, 0.29) is 6.04 Å². The van der Waals surface area contributed by atoms with Gasteiger partial charge >= 0.3 is 5.76 Å². The number of fused-ring (bicyclic) bond motifs is 1. The molecule has 0 spiro atoms. The smallest absolute Gasteiger partial charge is 0.408 e. The lowest BCUT2D eigenvalue weighted by atomic mass is 10.1. The first kappa shape index (κ1) is 13.8. The van der Waals surface area contributed by atoms with E-state index in [4.69, 9.17) is 10.2 Å². The summed E-state index contributed by atoms with van der Waals surface area (Å²) in [7, 11) is 2.08. The van der Waals surface area contributed by atoms with Crippen LogP contribution in [-0.2, 0) is 6.54 Å². The number of benzene rings is 1. The average molecular weight is 263 g/mol. The molecule has 1 atom stereocenters. The van der Waals surface area contributed by atoms with E-state index in [1.54, 1.807) is 0 Å². The van der Waals surface area contributed by atoms with Crippen molar-refractivity contribution in [3.05, 3.63) is 34.3 Å². The van der Waals surface area contributed by atoms with Crippen molar-refractivity contribution < 1.29 is 4.42 Å². The minimum absolute atomic E-state index is 0.263. The Balaban J connectivity index is 1.94. The van der Waals surface area contributed by atoms with Gasteiger partial charge in [0.1, 0.15) is 0 Å². The van der Waals surface area contributed by atoms with E-state index in [0.29, 0.717) is 5.58 Å². The van der Waals surface area contributed by atoms with Gasteiger partial charge in [-0.15, -0.1) is 0 Å². The highest BCUT2D eigenvalue weighted by atomic mass is 16.4. The summed E-state index contributed by atoms with van der Waals surface area (Å²) in [5.74, 6) is -0.405. The number of rotatable bonds is 6. The molecule has 0 amide bonds. The summed E-state index contributed by atoms with van der Waals surface area (Å²) in [5.41, 5.74) is 8.23. The first-order valence-corrected chi connectivity index (χ1v) is 6.60. The van der Waals surface area contributed by atoms with Gasteiger partial charge in [-0.1, -0.05) is 6.07 Å². The second kappa shape index (κ2) is 6.04. The molecule has 0 radical (unpaired) electrons. The van der Waals surface area contributed by atoms with Gasteiger partial charge in [-0.3, -0.25) is 4.98 Å². The number of hydrogen-bond donors (Lipinski definition) is 2. The van der Waals surface area contributed by atoms with Crippen LogP contribution in [-0.4, -0.2) is 29.5 Å². The van der Waals surface area contributed by atoms with E-state index in [2.05, 4.69) is 16.9 Å². The van der Waals surface area contributed by atoms with Crippen molar-refractivity contribution in [2.24, 2.45) is 5.73 Å². The fourth-order valence-electron chi connectivity index (χ4n) is 2.16. The molecule has 2 aromatic rings. The Kier molecular flexibility index (Phi) is 4.39. The molecule has 5 nitrogen and oxygen atoms in total. The molecule has 3 N–H and O–H groups in total. The highest BCUT2D eigenvalue weighted by Gasteiger charge is 2.05. The maximum atomic E-state index is 11.1. The lowest BCUT2D eigenvalue weighted by Gasteiger charge is -2.17. The van der Waals surface area contributed by atoms with Crippen molar-refractivity contribution in [3.63, 3.8) is 0 Å². The number of H-pyrrole nitrogens is 1. The Morgan fingerprint density at radius 2 is 2.26 bits per heavy atom. The van der Waals surface area contributed by atoms with Gasteiger partial charge in [-0.25, -0.2) is 4.79 Å². The predicted molar refractivity (Wildman–Crippen MR) is 76.1 cm³/mol. The summed E-state index contributed by atoms with van der Waals surface area (Å²) >= 11 is 0. The summed E-state index contributed by atoms with van der Waals surface area (Å²) in [4.78, 5) is 16.0. The summed E-state index contributed by atoms with van der Waals surface area (Å²) in [5, 5.41) is 0. The lowest BCUT2D eigenvalue weighted by molar-refractivity contribution is 0.315. The minimum atomic E-state index is -0.405. The topological polar surface area (TPSA) is 75.3 Å². The Morgan fingerprint density at radius 3 is 3.00 bits per heavy atom. The van der Waals surface area contributed by atoms with Crippen molar-refractivity contribution >= 4 is 11.1 Å².